The second-order valence-electron chi connectivity index (χ2n) is 4.08. The van der Waals surface area contributed by atoms with E-state index in [4.69, 9.17) is 5.11 Å². The first kappa shape index (κ1) is 13.2. The zero-order chi connectivity index (χ0) is 13.7. The highest BCUT2D eigenvalue weighted by atomic mass is 19.1. The number of hydrogen-bond acceptors (Lipinski definition) is 2. The fraction of sp³-hybridized carbons (Fsp3) is 0.0625. The van der Waals surface area contributed by atoms with E-state index in [1.165, 1.54) is 24.3 Å². The number of aliphatic hydroxyl groups excluding tert-OH is 1. The molecule has 2 rings (SSSR count). The molecule has 0 aliphatic carbocycles. The van der Waals surface area contributed by atoms with Crippen LogP contribution < -0.4 is 0 Å². The van der Waals surface area contributed by atoms with Gasteiger partial charge in [0.15, 0.2) is 5.78 Å². The predicted molar refractivity (Wildman–Crippen MR) is 72.1 cm³/mol. The summed E-state index contributed by atoms with van der Waals surface area (Å²) >= 11 is 0. The van der Waals surface area contributed by atoms with Crippen LogP contribution in [0.4, 0.5) is 4.39 Å². The molecule has 0 aromatic heterocycles. The van der Waals surface area contributed by atoms with Gasteiger partial charge in [0.2, 0.25) is 0 Å². The van der Waals surface area contributed by atoms with Gasteiger partial charge in [-0.15, -0.1) is 0 Å². The molecular weight excluding hydrogens is 243 g/mol. The van der Waals surface area contributed by atoms with Crippen LogP contribution in [-0.4, -0.2) is 10.9 Å². The summed E-state index contributed by atoms with van der Waals surface area (Å²) in [6, 6.07) is 13.3. The first-order valence-electron chi connectivity index (χ1n) is 5.87. The maximum Gasteiger partial charge on any atom is 0.188 e. The Kier molecular flexibility index (Phi) is 4.21. The number of rotatable bonds is 4. The van der Waals surface area contributed by atoms with E-state index in [0.29, 0.717) is 5.56 Å². The van der Waals surface area contributed by atoms with Gasteiger partial charge in [0.05, 0.1) is 12.2 Å². The summed E-state index contributed by atoms with van der Waals surface area (Å²) in [4.78, 5) is 11.9. The lowest BCUT2D eigenvalue weighted by atomic mass is 10.1. The molecule has 0 heterocycles. The molecular formula is C16H13FO2. The molecule has 0 radical (unpaired) electrons. The standard InChI is InChI=1S/C16H13FO2/c17-15-8-6-13(11-18)10-14(15)16(19)9-7-12-4-2-1-3-5-12/h1-10,18H,11H2/b9-7+. The first-order chi connectivity index (χ1) is 9.20. The van der Waals surface area contributed by atoms with Crippen molar-refractivity contribution in [2.45, 2.75) is 6.61 Å². The van der Waals surface area contributed by atoms with Gasteiger partial charge in [-0.25, -0.2) is 4.39 Å². The number of hydrogen-bond donors (Lipinski definition) is 1. The Morgan fingerprint density at radius 3 is 2.58 bits per heavy atom. The van der Waals surface area contributed by atoms with Crippen molar-refractivity contribution in [3.63, 3.8) is 0 Å². The third-order valence-corrected chi connectivity index (χ3v) is 2.71. The molecule has 3 heteroatoms. The minimum Gasteiger partial charge on any atom is -0.392 e. The second kappa shape index (κ2) is 6.07. The van der Waals surface area contributed by atoms with E-state index >= 15 is 0 Å². The fourth-order valence-electron chi connectivity index (χ4n) is 1.69. The summed E-state index contributed by atoms with van der Waals surface area (Å²) in [7, 11) is 0. The normalized spacial score (nSPS) is 10.8. The number of benzene rings is 2. The van der Waals surface area contributed by atoms with Crippen molar-refractivity contribution < 1.29 is 14.3 Å². The van der Waals surface area contributed by atoms with Gasteiger partial charge in [0.25, 0.3) is 0 Å². The van der Waals surface area contributed by atoms with E-state index in [1.54, 1.807) is 6.08 Å². The number of allylic oxidation sites excluding steroid dienone is 1. The monoisotopic (exact) mass is 256 g/mol. The van der Waals surface area contributed by atoms with E-state index in [0.717, 1.165) is 5.56 Å². The van der Waals surface area contributed by atoms with Crippen LogP contribution in [0.15, 0.2) is 54.6 Å². The lowest BCUT2D eigenvalue weighted by molar-refractivity contribution is 0.104. The molecule has 0 fully saturated rings. The highest BCUT2D eigenvalue weighted by Crippen LogP contribution is 2.13. The Bertz CT molecular complexity index is 603. The van der Waals surface area contributed by atoms with Crippen molar-refractivity contribution in [2.24, 2.45) is 0 Å². The van der Waals surface area contributed by atoms with Gasteiger partial charge in [-0.2, -0.15) is 0 Å². The minimum atomic E-state index is -0.583. The summed E-state index contributed by atoms with van der Waals surface area (Å²) in [5, 5.41) is 8.99. The average Bonchev–Trinajstić information content (AvgIpc) is 2.46. The summed E-state index contributed by atoms with van der Waals surface area (Å²) in [5.74, 6) is -1.00. The third kappa shape index (κ3) is 3.36. The Morgan fingerprint density at radius 1 is 1.16 bits per heavy atom. The van der Waals surface area contributed by atoms with E-state index in [2.05, 4.69) is 0 Å². The second-order valence-corrected chi connectivity index (χ2v) is 4.08. The molecule has 0 atom stereocenters. The predicted octanol–water partition coefficient (Wildman–Crippen LogP) is 3.21. The Hall–Kier alpha value is -2.26. The smallest absolute Gasteiger partial charge is 0.188 e. The van der Waals surface area contributed by atoms with Gasteiger partial charge in [-0.3, -0.25) is 4.79 Å². The third-order valence-electron chi connectivity index (χ3n) is 2.71. The summed E-state index contributed by atoms with van der Waals surface area (Å²) in [6.07, 6.45) is 2.96. The Balaban J connectivity index is 2.23. The van der Waals surface area contributed by atoms with Crippen molar-refractivity contribution in [2.75, 3.05) is 0 Å². The quantitative estimate of drug-likeness (QED) is 0.673. The number of ketones is 1. The molecule has 0 amide bonds. The molecule has 0 saturated heterocycles. The van der Waals surface area contributed by atoms with Crippen LogP contribution >= 0.6 is 0 Å². The van der Waals surface area contributed by atoms with Gasteiger partial charge < -0.3 is 5.11 Å². The van der Waals surface area contributed by atoms with E-state index < -0.39 is 11.6 Å². The molecule has 0 aliphatic heterocycles. The molecule has 2 aromatic rings. The van der Waals surface area contributed by atoms with Crippen LogP contribution in [0, 0.1) is 5.82 Å². The number of carbonyl (C=O) groups is 1. The van der Waals surface area contributed by atoms with E-state index in [9.17, 15) is 9.18 Å². The first-order valence-corrected chi connectivity index (χ1v) is 5.87. The number of halogens is 1. The summed E-state index contributed by atoms with van der Waals surface area (Å²) < 4.78 is 13.5. The molecule has 1 N–H and O–H groups in total. The lowest BCUT2D eigenvalue weighted by Gasteiger charge is -2.01. The SMILES string of the molecule is O=C(/C=C/c1ccccc1)c1cc(CO)ccc1F. The fourth-order valence-corrected chi connectivity index (χ4v) is 1.69. The molecule has 0 spiro atoms. The number of carbonyl (C=O) groups excluding carboxylic acids is 1. The van der Waals surface area contributed by atoms with Crippen LogP contribution in [0.25, 0.3) is 6.08 Å². The van der Waals surface area contributed by atoms with Gasteiger partial charge in [0, 0.05) is 0 Å². The van der Waals surface area contributed by atoms with Crippen LogP contribution in [0.1, 0.15) is 21.5 Å². The van der Waals surface area contributed by atoms with Gasteiger partial charge in [-0.1, -0.05) is 42.5 Å². The zero-order valence-corrected chi connectivity index (χ0v) is 10.2. The van der Waals surface area contributed by atoms with Crippen LogP contribution in [0.3, 0.4) is 0 Å². The summed E-state index contributed by atoms with van der Waals surface area (Å²) in [6.45, 7) is -0.219. The lowest BCUT2D eigenvalue weighted by Crippen LogP contribution is -2.00. The van der Waals surface area contributed by atoms with Crippen molar-refractivity contribution >= 4 is 11.9 Å². The Labute approximate surface area is 110 Å². The maximum absolute atomic E-state index is 13.5. The molecule has 0 saturated carbocycles. The molecule has 0 aliphatic rings. The molecule has 2 aromatic carbocycles. The molecule has 0 unspecified atom stereocenters. The van der Waals surface area contributed by atoms with Crippen LogP contribution in [0.5, 0.6) is 0 Å². The zero-order valence-electron chi connectivity index (χ0n) is 10.2. The van der Waals surface area contributed by atoms with Crippen molar-refractivity contribution in [3.05, 3.63) is 77.1 Å². The van der Waals surface area contributed by atoms with Gasteiger partial charge in [-0.05, 0) is 29.3 Å². The van der Waals surface area contributed by atoms with Crippen LogP contribution in [0.2, 0.25) is 0 Å². The highest BCUT2D eigenvalue weighted by Gasteiger charge is 2.09. The molecule has 96 valence electrons. The van der Waals surface area contributed by atoms with Crippen LogP contribution in [-0.2, 0) is 6.61 Å². The largest absolute Gasteiger partial charge is 0.392 e. The minimum absolute atomic E-state index is 0.0290. The topological polar surface area (TPSA) is 37.3 Å². The maximum atomic E-state index is 13.5. The van der Waals surface area contributed by atoms with Gasteiger partial charge >= 0.3 is 0 Å². The van der Waals surface area contributed by atoms with Crippen molar-refractivity contribution in [1.29, 1.82) is 0 Å². The molecule has 2 nitrogen and oxygen atoms in total. The van der Waals surface area contributed by atoms with Crippen molar-refractivity contribution in [1.82, 2.24) is 0 Å². The van der Waals surface area contributed by atoms with Gasteiger partial charge in [0.1, 0.15) is 5.82 Å². The highest BCUT2D eigenvalue weighted by molar-refractivity contribution is 6.07. The van der Waals surface area contributed by atoms with E-state index in [-0.39, 0.29) is 12.2 Å². The molecule has 19 heavy (non-hydrogen) atoms. The average molecular weight is 256 g/mol. The Morgan fingerprint density at radius 2 is 1.89 bits per heavy atom. The van der Waals surface area contributed by atoms with Crippen molar-refractivity contribution in [3.8, 4) is 0 Å². The molecule has 0 bridgehead atoms. The van der Waals surface area contributed by atoms with E-state index in [1.807, 2.05) is 30.3 Å². The number of aliphatic hydroxyl groups is 1. The summed E-state index contributed by atoms with van der Waals surface area (Å²) in [5.41, 5.74) is 1.35.